The van der Waals surface area contributed by atoms with Crippen molar-refractivity contribution in [1.29, 1.82) is 0 Å². The molecule has 1 unspecified atom stereocenters. The molecule has 0 saturated heterocycles. The van der Waals surface area contributed by atoms with Crippen LogP contribution in [0.5, 0.6) is 0 Å². The van der Waals surface area contributed by atoms with Crippen LogP contribution in [0.2, 0.25) is 0 Å². The highest BCUT2D eigenvalue weighted by atomic mass is 14.2. The van der Waals surface area contributed by atoms with Gasteiger partial charge in [0.2, 0.25) is 0 Å². The lowest BCUT2D eigenvalue weighted by atomic mass is 9.86. The van der Waals surface area contributed by atoms with Crippen LogP contribution in [-0.2, 0) is 19.3 Å². The molecule has 0 heterocycles. The van der Waals surface area contributed by atoms with Gasteiger partial charge in [-0.3, -0.25) is 0 Å². The number of rotatable bonds is 12. The van der Waals surface area contributed by atoms with Gasteiger partial charge in [0, 0.05) is 0 Å². The molecule has 0 nitrogen and oxygen atoms in total. The van der Waals surface area contributed by atoms with Crippen LogP contribution in [0.25, 0.3) is 24.3 Å². The summed E-state index contributed by atoms with van der Waals surface area (Å²) < 4.78 is 0. The Labute approximate surface area is 294 Å². The molecular formula is C49H48. The summed E-state index contributed by atoms with van der Waals surface area (Å²) in [6.45, 7) is 8.77. The van der Waals surface area contributed by atoms with Gasteiger partial charge in [-0.05, 0) is 102 Å². The van der Waals surface area contributed by atoms with Crippen molar-refractivity contribution in [2.45, 2.75) is 58.8 Å². The molecule has 6 aromatic rings. The van der Waals surface area contributed by atoms with E-state index in [1.54, 1.807) is 0 Å². The quantitative estimate of drug-likeness (QED) is 0.117. The predicted octanol–water partition coefficient (Wildman–Crippen LogP) is 12.9. The monoisotopic (exact) mass is 636 g/mol. The van der Waals surface area contributed by atoms with Crippen molar-refractivity contribution in [3.63, 3.8) is 0 Å². The van der Waals surface area contributed by atoms with Gasteiger partial charge < -0.3 is 0 Å². The molecule has 0 aliphatic heterocycles. The smallest absolute Gasteiger partial charge is 0.00810 e. The lowest BCUT2D eigenvalue weighted by Gasteiger charge is -2.19. The van der Waals surface area contributed by atoms with Crippen LogP contribution >= 0.6 is 0 Å². The van der Waals surface area contributed by atoms with Crippen LogP contribution in [0.1, 0.15) is 85.5 Å². The van der Waals surface area contributed by atoms with Gasteiger partial charge in [0.1, 0.15) is 0 Å². The zero-order valence-electron chi connectivity index (χ0n) is 29.4. The van der Waals surface area contributed by atoms with E-state index in [4.69, 9.17) is 0 Å². The van der Waals surface area contributed by atoms with Crippen LogP contribution in [0.3, 0.4) is 0 Å². The van der Waals surface area contributed by atoms with Crippen molar-refractivity contribution in [2.75, 3.05) is 0 Å². The molecule has 0 aromatic heterocycles. The van der Waals surface area contributed by atoms with Crippen molar-refractivity contribution in [2.24, 2.45) is 0 Å². The Kier molecular flexibility index (Phi) is 11.2. The summed E-state index contributed by atoms with van der Waals surface area (Å²) in [5.74, 6) is 0.913. The van der Waals surface area contributed by atoms with Gasteiger partial charge in [0.05, 0.1) is 0 Å². The van der Waals surface area contributed by atoms with E-state index in [9.17, 15) is 0 Å². The Morgan fingerprint density at radius 2 is 0.755 bits per heavy atom. The molecule has 0 aliphatic rings. The molecule has 0 fully saturated rings. The summed E-state index contributed by atoms with van der Waals surface area (Å²) in [4.78, 5) is 0. The van der Waals surface area contributed by atoms with Gasteiger partial charge in [0.15, 0.2) is 0 Å². The van der Waals surface area contributed by atoms with Gasteiger partial charge in [-0.15, -0.1) is 0 Å². The summed E-state index contributed by atoms with van der Waals surface area (Å²) in [6.07, 6.45) is 12.0. The molecule has 6 rings (SSSR count). The van der Waals surface area contributed by atoms with E-state index in [1.165, 1.54) is 66.8 Å². The highest BCUT2D eigenvalue weighted by Crippen LogP contribution is 2.27. The molecule has 0 heteroatoms. The minimum atomic E-state index is 0.417. The fourth-order valence-electron chi connectivity index (χ4n) is 6.52. The summed E-state index contributed by atoms with van der Waals surface area (Å²) >= 11 is 0. The second-order valence-corrected chi connectivity index (χ2v) is 13.8. The van der Waals surface area contributed by atoms with E-state index in [0.29, 0.717) is 11.8 Å². The average molecular weight is 637 g/mol. The van der Waals surface area contributed by atoms with Crippen LogP contribution in [0.15, 0.2) is 146 Å². The second-order valence-electron chi connectivity index (χ2n) is 13.8. The van der Waals surface area contributed by atoms with Crippen LogP contribution in [0, 0.1) is 20.8 Å². The highest BCUT2D eigenvalue weighted by molar-refractivity contribution is 5.79. The van der Waals surface area contributed by atoms with E-state index >= 15 is 0 Å². The Balaban J connectivity index is 1.12. The third kappa shape index (κ3) is 9.68. The first-order chi connectivity index (χ1) is 23.9. The molecule has 0 bridgehead atoms. The molecule has 0 N–H and O–H groups in total. The Bertz CT molecular complexity index is 1920. The standard InChI is InChI=1S/C49H48/c1-36-9-15-43(16-10-36)34-49(35-44-17-11-37(2)12-18-44)48-31-25-41(26-32-48)24-30-47-8-6-5-7-46(47)29-23-40-19-21-42(22-20-40)33-39(4)45-27-13-38(3)14-28-45/h5-32,39,49H,33-35H2,1-4H3/b29-23+,30-24+. The minimum absolute atomic E-state index is 0.417. The van der Waals surface area contributed by atoms with E-state index < -0.39 is 0 Å². The van der Waals surface area contributed by atoms with Gasteiger partial charge in [-0.2, -0.15) is 0 Å². The lowest BCUT2D eigenvalue weighted by molar-refractivity contribution is 0.680. The molecular weight excluding hydrogens is 589 g/mol. The molecule has 0 amide bonds. The number of hydrogen-bond acceptors (Lipinski definition) is 0. The highest BCUT2D eigenvalue weighted by Gasteiger charge is 2.14. The molecule has 0 aliphatic carbocycles. The Hall–Kier alpha value is -5.20. The fourth-order valence-corrected chi connectivity index (χ4v) is 6.52. The van der Waals surface area contributed by atoms with Crippen LogP contribution in [-0.4, -0.2) is 0 Å². The van der Waals surface area contributed by atoms with Gasteiger partial charge in [-0.25, -0.2) is 0 Å². The number of benzene rings is 6. The van der Waals surface area contributed by atoms with Crippen molar-refractivity contribution in [1.82, 2.24) is 0 Å². The largest absolute Gasteiger partial charge is 0.0616 e. The number of aryl methyl sites for hydroxylation is 3. The molecule has 244 valence electrons. The molecule has 1 atom stereocenters. The predicted molar refractivity (Wildman–Crippen MR) is 213 cm³/mol. The summed E-state index contributed by atoms with van der Waals surface area (Å²) in [6, 6.07) is 53.8. The molecule has 6 aromatic carbocycles. The van der Waals surface area contributed by atoms with E-state index in [0.717, 1.165) is 19.3 Å². The molecule has 0 saturated carbocycles. The van der Waals surface area contributed by atoms with Gasteiger partial charge in [-0.1, -0.05) is 194 Å². The molecule has 0 spiro atoms. The fraction of sp³-hybridized carbons (Fsp3) is 0.184. The maximum atomic E-state index is 2.32. The van der Waals surface area contributed by atoms with Gasteiger partial charge >= 0.3 is 0 Å². The molecule has 0 radical (unpaired) electrons. The first-order valence-electron chi connectivity index (χ1n) is 17.7. The van der Waals surface area contributed by atoms with E-state index in [-0.39, 0.29) is 0 Å². The summed E-state index contributed by atoms with van der Waals surface area (Å²) in [5, 5.41) is 0. The lowest BCUT2D eigenvalue weighted by Crippen LogP contribution is -2.07. The molecule has 49 heavy (non-hydrogen) atoms. The maximum absolute atomic E-state index is 2.32. The van der Waals surface area contributed by atoms with Crippen LogP contribution in [0.4, 0.5) is 0 Å². The van der Waals surface area contributed by atoms with Crippen molar-refractivity contribution >= 4 is 24.3 Å². The first kappa shape index (κ1) is 33.7. The average Bonchev–Trinajstić information content (AvgIpc) is 3.13. The van der Waals surface area contributed by atoms with E-state index in [1.807, 2.05) is 0 Å². The zero-order chi connectivity index (χ0) is 34.0. The Morgan fingerprint density at radius 1 is 0.388 bits per heavy atom. The first-order valence-corrected chi connectivity index (χ1v) is 17.7. The van der Waals surface area contributed by atoms with E-state index in [2.05, 4.69) is 198 Å². The third-order valence-electron chi connectivity index (χ3n) is 9.69. The SMILES string of the molecule is Cc1ccc(CC(Cc2ccc(C)cc2)c2ccc(/C=C/c3ccccc3/C=C/c3ccc(CC(C)c4ccc(C)cc4)cc3)cc2)cc1. The topological polar surface area (TPSA) is 0 Å². The third-order valence-corrected chi connectivity index (χ3v) is 9.69. The normalized spacial score (nSPS) is 12.3. The maximum Gasteiger partial charge on any atom is -0.00810 e. The van der Waals surface area contributed by atoms with Crippen molar-refractivity contribution in [3.8, 4) is 0 Å². The van der Waals surface area contributed by atoms with Gasteiger partial charge in [0.25, 0.3) is 0 Å². The van der Waals surface area contributed by atoms with Crippen LogP contribution < -0.4 is 0 Å². The zero-order valence-corrected chi connectivity index (χ0v) is 29.4. The minimum Gasteiger partial charge on any atom is -0.0616 e. The summed E-state index contributed by atoms with van der Waals surface area (Å²) in [5.41, 5.74) is 15.7. The van der Waals surface area contributed by atoms with Crippen molar-refractivity contribution < 1.29 is 0 Å². The Morgan fingerprint density at radius 3 is 1.22 bits per heavy atom. The second kappa shape index (κ2) is 16.3. The van der Waals surface area contributed by atoms with Crippen molar-refractivity contribution in [3.05, 3.63) is 212 Å². The number of hydrogen-bond donors (Lipinski definition) is 0. The summed E-state index contributed by atoms with van der Waals surface area (Å²) in [7, 11) is 0.